The van der Waals surface area contributed by atoms with E-state index in [2.05, 4.69) is 31.4 Å². The molecule has 2 unspecified atom stereocenters. The van der Waals surface area contributed by atoms with Crippen molar-refractivity contribution < 1.29 is 0 Å². The van der Waals surface area contributed by atoms with Gasteiger partial charge in [-0.2, -0.15) is 0 Å². The first kappa shape index (κ1) is 11.9. The molecule has 0 radical (unpaired) electrons. The van der Waals surface area contributed by atoms with Gasteiger partial charge < -0.3 is 11.1 Å². The van der Waals surface area contributed by atoms with E-state index in [0.717, 1.165) is 25.8 Å². The van der Waals surface area contributed by atoms with E-state index in [4.69, 9.17) is 5.73 Å². The van der Waals surface area contributed by atoms with Crippen molar-refractivity contribution >= 4 is 0 Å². The predicted molar refractivity (Wildman–Crippen MR) is 53.8 cm³/mol. The fourth-order valence-corrected chi connectivity index (χ4v) is 1.22. The average Bonchev–Trinajstić information content (AvgIpc) is 2.04. The smallest absolute Gasteiger partial charge is 0.0580 e. The lowest BCUT2D eigenvalue weighted by Crippen LogP contribution is -2.50. The van der Waals surface area contributed by atoms with Crippen molar-refractivity contribution in [2.75, 3.05) is 6.54 Å². The molecule has 12 heavy (non-hydrogen) atoms. The molecule has 0 fully saturated rings. The van der Waals surface area contributed by atoms with E-state index in [9.17, 15) is 0 Å². The van der Waals surface area contributed by atoms with Crippen LogP contribution in [0.4, 0.5) is 0 Å². The van der Waals surface area contributed by atoms with Crippen LogP contribution in [0, 0.1) is 0 Å². The molecule has 4 N–H and O–H groups in total. The largest absolute Gasteiger partial charge is 0.316 e. The molecule has 0 saturated carbocycles. The second kappa shape index (κ2) is 7.53. The summed E-state index contributed by atoms with van der Waals surface area (Å²) in [6, 6.07) is 0. The first-order chi connectivity index (χ1) is 5.74. The highest BCUT2D eigenvalue weighted by Crippen LogP contribution is 1.93. The van der Waals surface area contributed by atoms with Gasteiger partial charge in [-0.05, 0) is 19.4 Å². The van der Waals surface area contributed by atoms with Crippen LogP contribution in [0.25, 0.3) is 0 Å². The van der Waals surface area contributed by atoms with Crippen LogP contribution in [-0.4, -0.2) is 18.9 Å². The second-order valence-electron chi connectivity index (χ2n) is 3.08. The molecule has 0 aromatic heterocycles. The van der Waals surface area contributed by atoms with E-state index >= 15 is 0 Å². The van der Waals surface area contributed by atoms with Crippen molar-refractivity contribution in [2.24, 2.45) is 5.73 Å². The molecule has 0 amide bonds. The molecule has 0 bridgehead atoms. The Balaban J connectivity index is 3.53. The highest BCUT2D eigenvalue weighted by atomic mass is 15.2. The normalized spacial score (nSPS) is 16.0. The fraction of sp³-hybridized carbons (Fsp3) is 1.00. The van der Waals surface area contributed by atoms with Gasteiger partial charge in [-0.15, -0.1) is 0 Å². The van der Waals surface area contributed by atoms with Crippen LogP contribution in [0.2, 0.25) is 0 Å². The Hall–Kier alpha value is -0.120. The van der Waals surface area contributed by atoms with Crippen LogP contribution < -0.4 is 16.4 Å². The maximum atomic E-state index is 5.84. The summed E-state index contributed by atoms with van der Waals surface area (Å²) in [6.07, 6.45) is 3.76. The Kier molecular flexibility index (Phi) is 7.45. The minimum Gasteiger partial charge on any atom is -0.316 e. The van der Waals surface area contributed by atoms with Crippen LogP contribution in [0.5, 0.6) is 0 Å². The van der Waals surface area contributed by atoms with E-state index in [0.29, 0.717) is 6.17 Å². The molecule has 3 heteroatoms. The molecule has 0 aromatic rings. The Morgan fingerprint density at radius 3 is 2.33 bits per heavy atom. The number of rotatable bonds is 7. The molecule has 0 rings (SSSR count). The van der Waals surface area contributed by atoms with Crippen molar-refractivity contribution in [1.82, 2.24) is 10.6 Å². The lowest BCUT2D eigenvalue weighted by molar-refractivity contribution is 0.357. The topological polar surface area (TPSA) is 50.1 Å². The molecule has 0 aliphatic rings. The summed E-state index contributed by atoms with van der Waals surface area (Å²) in [4.78, 5) is 0. The zero-order valence-electron chi connectivity index (χ0n) is 8.56. The van der Waals surface area contributed by atoms with Gasteiger partial charge in [0.2, 0.25) is 0 Å². The zero-order valence-corrected chi connectivity index (χ0v) is 8.56. The molecule has 3 nitrogen and oxygen atoms in total. The zero-order chi connectivity index (χ0) is 9.40. The van der Waals surface area contributed by atoms with Gasteiger partial charge in [-0.25, -0.2) is 0 Å². The summed E-state index contributed by atoms with van der Waals surface area (Å²) >= 11 is 0. The standard InChI is InChI=1S/C9H23N3/c1-4-7-8(10)12-9(5-2)11-6-3/h8-9,11-12H,4-7,10H2,1-3H3. The van der Waals surface area contributed by atoms with Crippen molar-refractivity contribution in [2.45, 2.75) is 52.4 Å². The quantitative estimate of drug-likeness (QED) is 0.504. The molecule has 0 heterocycles. The molecular formula is C9H23N3. The maximum absolute atomic E-state index is 5.84. The van der Waals surface area contributed by atoms with Crippen molar-refractivity contribution in [3.63, 3.8) is 0 Å². The molecule has 2 atom stereocenters. The van der Waals surface area contributed by atoms with Gasteiger partial charge in [0.1, 0.15) is 0 Å². The Morgan fingerprint density at radius 2 is 1.92 bits per heavy atom. The van der Waals surface area contributed by atoms with Crippen LogP contribution in [0.1, 0.15) is 40.0 Å². The highest BCUT2D eigenvalue weighted by molar-refractivity contribution is 4.66. The van der Waals surface area contributed by atoms with Gasteiger partial charge in [0.25, 0.3) is 0 Å². The highest BCUT2D eigenvalue weighted by Gasteiger charge is 2.07. The second-order valence-corrected chi connectivity index (χ2v) is 3.08. The van der Waals surface area contributed by atoms with Crippen molar-refractivity contribution in [1.29, 1.82) is 0 Å². The van der Waals surface area contributed by atoms with Crippen molar-refractivity contribution in [3.8, 4) is 0 Å². The van der Waals surface area contributed by atoms with E-state index < -0.39 is 0 Å². The summed E-state index contributed by atoms with van der Waals surface area (Å²) in [5.74, 6) is 0. The molecule has 0 aromatic carbocycles. The van der Waals surface area contributed by atoms with Gasteiger partial charge in [-0.3, -0.25) is 5.32 Å². The molecular weight excluding hydrogens is 150 g/mol. The summed E-state index contributed by atoms with van der Waals surface area (Å²) in [5.41, 5.74) is 5.84. The maximum Gasteiger partial charge on any atom is 0.0580 e. The Bertz CT molecular complexity index is 95.8. The van der Waals surface area contributed by atoms with Crippen LogP contribution >= 0.6 is 0 Å². The lowest BCUT2D eigenvalue weighted by atomic mass is 10.2. The third-order valence-corrected chi connectivity index (χ3v) is 1.87. The van der Waals surface area contributed by atoms with Crippen LogP contribution in [0.3, 0.4) is 0 Å². The lowest BCUT2D eigenvalue weighted by Gasteiger charge is -2.22. The van der Waals surface area contributed by atoms with Gasteiger partial charge in [-0.1, -0.05) is 27.2 Å². The van der Waals surface area contributed by atoms with Gasteiger partial charge in [0.15, 0.2) is 0 Å². The van der Waals surface area contributed by atoms with E-state index in [1.165, 1.54) is 0 Å². The van der Waals surface area contributed by atoms with Gasteiger partial charge >= 0.3 is 0 Å². The predicted octanol–water partition coefficient (Wildman–Crippen LogP) is 1.01. The third-order valence-electron chi connectivity index (χ3n) is 1.87. The fourth-order valence-electron chi connectivity index (χ4n) is 1.22. The Morgan fingerprint density at radius 1 is 1.25 bits per heavy atom. The third kappa shape index (κ3) is 5.52. The SMILES string of the molecule is CCCC(N)NC(CC)NCC. The number of hydrogen-bond acceptors (Lipinski definition) is 3. The minimum atomic E-state index is 0.138. The van der Waals surface area contributed by atoms with Gasteiger partial charge in [0, 0.05) is 0 Å². The summed E-state index contributed by atoms with van der Waals surface area (Å²) in [6.45, 7) is 7.40. The molecule has 0 saturated heterocycles. The number of nitrogens with one attached hydrogen (secondary N) is 2. The average molecular weight is 173 g/mol. The van der Waals surface area contributed by atoms with Crippen LogP contribution in [-0.2, 0) is 0 Å². The first-order valence-corrected chi connectivity index (χ1v) is 4.99. The first-order valence-electron chi connectivity index (χ1n) is 4.99. The number of nitrogens with two attached hydrogens (primary N) is 1. The van der Waals surface area contributed by atoms with E-state index in [-0.39, 0.29) is 6.17 Å². The summed E-state index contributed by atoms with van der Waals surface area (Å²) in [7, 11) is 0. The molecule has 74 valence electrons. The van der Waals surface area contributed by atoms with E-state index in [1.807, 2.05) is 0 Å². The van der Waals surface area contributed by atoms with Gasteiger partial charge in [0.05, 0.1) is 12.3 Å². The van der Waals surface area contributed by atoms with Crippen molar-refractivity contribution in [3.05, 3.63) is 0 Å². The monoisotopic (exact) mass is 173 g/mol. The molecule has 0 aliphatic heterocycles. The minimum absolute atomic E-state index is 0.138. The van der Waals surface area contributed by atoms with E-state index in [1.54, 1.807) is 0 Å². The summed E-state index contributed by atoms with van der Waals surface area (Å²) < 4.78 is 0. The Labute approximate surface area is 76.1 Å². The molecule has 0 aliphatic carbocycles. The van der Waals surface area contributed by atoms with Crippen LogP contribution in [0.15, 0.2) is 0 Å². The number of hydrogen-bond donors (Lipinski definition) is 3. The molecule has 0 spiro atoms. The summed E-state index contributed by atoms with van der Waals surface area (Å²) in [5, 5.41) is 6.67.